The van der Waals surface area contributed by atoms with Crippen LogP contribution in [0.5, 0.6) is 0 Å². The highest BCUT2D eigenvalue weighted by Crippen LogP contribution is 2.29. The second kappa shape index (κ2) is 6.43. The molecule has 1 aliphatic carbocycles. The Morgan fingerprint density at radius 2 is 1.81 bits per heavy atom. The van der Waals surface area contributed by atoms with Crippen LogP contribution in [-0.2, 0) is 4.79 Å². The first kappa shape index (κ1) is 15.8. The number of benzene rings is 1. The number of hydrogen-bond acceptors (Lipinski definition) is 2. The van der Waals surface area contributed by atoms with Crippen molar-refractivity contribution in [2.24, 2.45) is 0 Å². The molecule has 1 aromatic rings. The smallest absolute Gasteiger partial charge is 0.329 e. The number of halogens is 2. The van der Waals surface area contributed by atoms with Gasteiger partial charge in [0.1, 0.15) is 11.4 Å². The molecule has 0 aliphatic heterocycles. The van der Waals surface area contributed by atoms with Gasteiger partial charge in [-0.25, -0.2) is 9.18 Å². The van der Waals surface area contributed by atoms with Gasteiger partial charge in [-0.1, -0.05) is 43.4 Å². The molecule has 0 radical (unpaired) electrons. The number of nitrogens with one attached hydrogen (secondary N) is 1. The lowest BCUT2D eigenvalue weighted by Crippen LogP contribution is -2.54. The van der Waals surface area contributed by atoms with Crippen molar-refractivity contribution in [1.29, 1.82) is 0 Å². The average molecular weight is 314 g/mol. The SMILES string of the molecule is O=C(NC1(C(=O)O)CCCCCC1)c1cccc(F)c1Cl. The zero-order valence-electron chi connectivity index (χ0n) is 11.5. The van der Waals surface area contributed by atoms with Gasteiger partial charge in [0.25, 0.3) is 5.91 Å². The molecule has 2 rings (SSSR count). The Balaban J connectivity index is 2.26. The Kier molecular flexibility index (Phi) is 4.83. The normalized spacial score (nSPS) is 17.8. The van der Waals surface area contributed by atoms with Gasteiger partial charge in [0, 0.05) is 0 Å². The van der Waals surface area contributed by atoms with Gasteiger partial charge in [-0.3, -0.25) is 4.79 Å². The van der Waals surface area contributed by atoms with Gasteiger partial charge < -0.3 is 10.4 Å². The van der Waals surface area contributed by atoms with Crippen LogP contribution in [0.15, 0.2) is 18.2 Å². The topological polar surface area (TPSA) is 66.4 Å². The van der Waals surface area contributed by atoms with E-state index in [4.69, 9.17) is 11.6 Å². The highest BCUT2D eigenvalue weighted by atomic mass is 35.5. The number of carbonyl (C=O) groups excluding carboxylic acids is 1. The lowest BCUT2D eigenvalue weighted by atomic mass is 9.90. The van der Waals surface area contributed by atoms with E-state index in [1.54, 1.807) is 0 Å². The lowest BCUT2D eigenvalue weighted by Gasteiger charge is -2.29. The third-order valence-electron chi connectivity index (χ3n) is 3.92. The second-order valence-corrected chi connectivity index (χ2v) is 5.73. The molecular formula is C15H17ClFNO3. The van der Waals surface area contributed by atoms with E-state index >= 15 is 0 Å². The molecule has 114 valence electrons. The van der Waals surface area contributed by atoms with E-state index in [0.29, 0.717) is 12.8 Å². The minimum atomic E-state index is -1.29. The van der Waals surface area contributed by atoms with Gasteiger partial charge >= 0.3 is 5.97 Å². The van der Waals surface area contributed by atoms with Gasteiger partial charge in [0.2, 0.25) is 0 Å². The van der Waals surface area contributed by atoms with Crippen molar-refractivity contribution >= 4 is 23.5 Å². The molecular weight excluding hydrogens is 297 g/mol. The molecule has 0 bridgehead atoms. The van der Waals surface area contributed by atoms with Gasteiger partial charge in [-0.05, 0) is 25.0 Å². The number of carboxylic acids is 1. The largest absolute Gasteiger partial charge is 0.480 e. The Labute approximate surface area is 127 Å². The van der Waals surface area contributed by atoms with E-state index in [1.165, 1.54) is 12.1 Å². The van der Waals surface area contributed by atoms with Crippen molar-refractivity contribution < 1.29 is 19.1 Å². The summed E-state index contributed by atoms with van der Waals surface area (Å²) in [4.78, 5) is 23.9. The van der Waals surface area contributed by atoms with Crippen LogP contribution in [0.25, 0.3) is 0 Å². The molecule has 4 nitrogen and oxygen atoms in total. The van der Waals surface area contributed by atoms with Crippen molar-refractivity contribution in [2.45, 2.75) is 44.1 Å². The number of hydrogen-bond donors (Lipinski definition) is 2. The molecule has 6 heteroatoms. The quantitative estimate of drug-likeness (QED) is 0.841. The molecule has 2 N–H and O–H groups in total. The van der Waals surface area contributed by atoms with E-state index in [2.05, 4.69) is 5.32 Å². The van der Waals surface area contributed by atoms with Crippen LogP contribution in [0.3, 0.4) is 0 Å². The maximum Gasteiger partial charge on any atom is 0.329 e. The molecule has 0 spiro atoms. The Bertz CT molecular complexity index is 554. The first-order chi connectivity index (χ1) is 9.96. The predicted molar refractivity (Wildman–Crippen MR) is 76.9 cm³/mol. The zero-order valence-corrected chi connectivity index (χ0v) is 12.3. The second-order valence-electron chi connectivity index (χ2n) is 5.36. The van der Waals surface area contributed by atoms with Crippen molar-refractivity contribution in [1.82, 2.24) is 5.32 Å². The number of carboxylic acid groups (broad SMARTS) is 1. The molecule has 0 saturated heterocycles. The molecule has 0 heterocycles. The maximum absolute atomic E-state index is 13.4. The highest BCUT2D eigenvalue weighted by Gasteiger charge is 2.40. The van der Waals surface area contributed by atoms with Crippen molar-refractivity contribution in [3.63, 3.8) is 0 Å². The molecule has 21 heavy (non-hydrogen) atoms. The Morgan fingerprint density at radius 1 is 1.19 bits per heavy atom. The van der Waals surface area contributed by atoms with Crippen LogP contribution in [0.4, 0.5) is 4.39 Å². The number of rotatable bonds is 3. The highest BCUT2D eigenvalue weighted by molar-refractivity contribution is 6.34. The summed E-state index contributed by atoms with van der Waals surface area (Å²) >= 11 is 5.78. The molecule has 1 saturated carbocycles. The summed E-state index contributed by atoms with van der Waals surface area (Å²) in [5, 5.41) is 11.8. The first-order valence-corrected chi connectivity index (χ1v) is 7.34. The van der Waals surface area contributed by atoms with Crippen LogP contribution >= 0.6 is 11.6 Å². The van der Waals surface area contributed by atoms with Crippen LogP contribution < -0.4 is 5.32 Å². The fourth-order valence-corrected chi connectivity index (χ4v) is 2.90. The van der Waals surface area contributed by atoms with Gasteiger partial charge in [-0.15, -0.1) is 0 Å². The predicted octanol–water partition coefficient (Wildman–Crippen LogP) is 3.39. The zero-order chi connectivity index (χ0) is 15.5. The third kappa shape index (κ3) is 3.35. The third-order valence-corrected chi connectivity index (χ3v) is 4.30. The fraction of sp³-hybridized carbons (Fsp3) is 0.467. The number of amides is 1. The van der Waals surface area contributed by atoms with Crippen molar-refractivity contribution in [3.05, 3.63) is 34.6 Å². The summed E-state index contributed by atoms with van der Waals surface area (Å²) in [5.41, 5.74) is -1.33. The minimum absolute atomic E-state index is 0.0402. The van der Waals surface area contributed by atoms with Crippen LogP contribution in [0, 0.1) is 5.82 Å². The van der Waals surface area contributed by atoms with Crippen LogP contribution in [0.2, 0.25) is 5.02 Å². The van der Waals surface area contributed by atoms with Gasteiger partial charge in [0.15, 0.2) is 0 Å². The summed E-state index contributed by atoms with van der Waals surface area (Å²) in [7, 11) is 0. The molecule has 1 aromatic carbocycles. The van der Waals surface area contributed by atoms with E-state index in [-0.39, 0.29) is 10.6 Å². The minimum Gasteiger partial charge on any atom is -0.480 e. The van der Waals surface area contributed by atoms with E-state index < -0.39 is 23.2 Å². The van der Waals surface area contributed by atoms with E-state index in [9.17, 15) is 19.1 Å². The molecule has 0 aromatic heterocycles. The summed E-state index contributed by atoms with van der Waals surface area (Å²) in [5.74, 6) is -2.40. The summed E-state index contributed by atoms with van der Waals surface area (Å²) in [6, 6.07) is 3.90. The fourth-order valence-electron chi connectivity index (χ4n) is 2.69. The molecule has 1 aliphatic rings. The van der Waals surface area contributed by atoms with Crippen molar-refractivity contribution in [3.8, 4) is 0 Å². The average Bonchev–Trinajstić information content (AvgIpc) is 2.68. The maximum atomic E-state index is 13.4. The summed E-state index contributed by atoms with van der Waals surface area (Å²) in [6.07, 6.45) is 4.13. The Hall–Kier alpha value is -1.62. The molecule has 0 atom stereocenters. The van der Waals surface area contributed by atoms with Crippen molar-refractivity contribution in [2.75, 3.05) is 0 Å². The van der Waals surface area contributed by atoms with Gasteiger partial charge in [-0.2, -0.15) is 0 Å². The number of carbonyl (C=O) groups is 2. The van der Waals surface area contributed by atoms with Crippen LogP contribution in [0.1, 0.15) is 48.9 Å². The first-order valence-electron chi connectivity index (χ1n) is 6.96. The molecule has 1 amide bonds. The lowest BCUT2D eigenvalue weighted by molar-refractivity contribution is -0.145. The number of aliphatic carboxylic acids is 1. The van der Waals surface area contributed by atoms with Gasteiger partial charge in [0.05, 0.1) is 10.6 Å². The monoisotopic (exact) mass is 313 g/mol. The molecule has 0 unspecified atom stereocenters. The van der Waals surface area contributed by atoms with E-state index in [1.807, 2.05) is 0 Å². The Morgan fingerprint density at radius 3 is 2.38 bits per heavy atom. The standard InChI is InChI=1S/C15H17ClFNO3/c16-12-10(6-5-7-11(12)17)13(19)18-15(14(20)21)8-3-1-2-4-9-15/h5-7H,1-4,8-9H2,(H,18,19)(H,20,21). The summed E-state index contributed by atoms with van der Waals surface area (Å²) in [6.45, 7) is 0. The molecule has 1 fully saturated rings. The van der Waals surface area contributed by atoms with E-state index in [0.717, 1.165) is 31.7 Å². The summed E-state index contributed by atoms with van der Waals surface area (Å²) < 4.78 is 13.4. The van der Waals surface area contributed by atoms with Crippen LogP contribution in [-0.4, -0.2) is 22.5 Å².